The Balaban J connectivity index is 3.24. The molecule has 232 valence electrons. The number of esters is 1. The second-order valence-corrected chi connectivity index (χ2v) is 12.0. The van der Waals surface area contributed by atoms with Crippen molar-refractivity contribution in [1.82, 2.24) is 0 Å². The molecule has 0 aliphatic heterocycles. The normalized spacial score (nSPS) is 12.4. The maximum absolute atomic E-state index is 11.9. The molecule has 39 heavy (non-hydrogen) atoms. The van der Waals surface area contributed by atoms with Gasteiger partial charge in [0.15, 0.2) is 0 Å². The summed E-state index contributed by atoms with van der Waals surface area (Å²) in [6.45, 7) is 5.11. The van der Waals surface area contributed by atoms with Crippen molar-refractivity contribution in [1.29, 1.82) is 0 Å². The lowest BCUT2D eigenvalue weighted by Gasteiger charge is -2.10. The lowest BCUT2D eigenvalue weighted by atomic mass is 10.0. The van der Waals surface area contributed by atoms with E-state index in [0.29, 0.717) is 13.0 Å². The minimum atomic E-state index is -0.0801. The smallest absolute Gasteiger partial charge is 0.305 e. The number of hydrogen-bond acceptors (Lipinski definition) is 3. The van der Waals surface area contributed by atoms with Gasteiger partial charge in [-0.2, -0.15) is 0 Å². The Morgan fingerprint density at radius 1 is 0.538 bits per heavy atom. The summed E-state index contributed by atoms with van der Waals surface area (Å²) in [5, 5.41) is 10.0. The van der Waals surface area contributed by atoms with E-state index < -0.39 is 0 Å². The fraction of sp³-hybridized carbons (Fsp3) is 0.917. The molecule has 3 nitrogen and oxygen atoms in total. The maximum Gasteiger partial charge on any atom is 0.305 e. The molecule has 0 aliphatic carbocycles. The minimum absolute atomic E-state index is 0.00371. The number of aliphatic hydroxyl groups excluding tert-OH is 1. The van der Waals surface area contributed by atoms with Gasteiger partial charge in [0, 0.05) is 6.42 Å². The highest BCUT2D eigenvalue weighted by Crippen LogP contribution is 2.15. The Bertz CT molecular complexity index is 502. The molecule has 1 atom stereocenters. The summed E-state index contributed by atoms with van der Waals surface area (Å²) in [6.07, 6.45) is 40.0. The van der Waals surface area contributed by atoms with Gasteiger partial charge >= 0.3 is 5.97 Å². The van der Waals surface area contributed by atoms with E-state index >= 15 is 0 Å². The van der Waals surface area contributed by atoms with Crippen LogP contribution in [0.2, 0.25) is 0 Å². The van der Waals surface area contributed by atoms with Gasteiger partial charge in [0.25, 0.3) is 0 Å². The molecule has 0 rings (SSSR count). The van der Waals surface area contributed by atoms with E-state index in [-0.39, 0.29) is 12.1 Å². The molecule has 0 aromatic heterocycles. The zero-order chi connectivity index (χ0) is 28.5. The molecule has 0 aromatic rings. The summed E-state index contributed by atoms with van der Waals surface area (Å²) in [4.78, 5) is 11.9. The number of aliphatic hydroxyl groups is 1. The average Bonchev–Trinajstić information content (AvgIpc) is 2.93. The van der Waals surface area contributed by atoms with Crippen molar-refractivity contribution in [3.05, 3.63) is 12.2 Å². The number of carbonyl (C=O) groups excluding carboxylic acids is 1. The predicted octanol–water partition coefficient (Wildman–Crippen LogP) is 11.8. The highest BCUT2D eigenvalue weighted by Gasteiger charge is 2.04. The van der Waals surface area contributed by atoms with Crippen molar-refractivity contribution in [2.24, 2.45) is 0 Å². The molecule has 0 aromatic carbocycles. The van der Waals surface area contributed by atoms with Gasteiger partial charge in [-0.1, -0.05) is 154 Å². The number of rotatable bonds is 32. The lowest BCUT2D eigenvalue weighted by molar-refractivity contribution is -0.143. The largest absolute Gasteiger partial charge is 0.466 e. The quantitative estimate of drug-likeness (QED) is 0.0514. The number of carbonyl (C=O) groups is 1. The van der Waals surface area contributed by atoms with Gasteiger partial charge in [-0.15, -0.1) is 0 Å². The second kappa shape index (κ2) is 33.4. The third-order valence-corrected chi connectivity index (χ3v) is 7.98. The lowest BCUT2D eigenvalue weighted by Crippen LogP contribution is -2.06. The van der Waals surface area contributed by atoms with Crippen LogP contribution in [-0.2, 0) is 9.53 Å². The zero-order valence-corrected chi connectivity index (χ0v) is 26.7. The molecule has 0 saturated heterocycles. The number of hydrogen-bond donors (Lipinski definition) is 1. The van der Waals surface area contributed by atoms with Crippen LogP contribution in [0.4, 0.5) is 0 Å². The van der Waals surface area contributed by atoms with Crippen molar-refractivity contribution >= 4 is 5.97 Å². The SMILES string of the molecule is CCCCCCCC/C=C\CCCCCCCCOC(=O)CCCCCCCCCCC(O)CCCCCC. The highest BCUT2D eigenvalue weighted by atomic mass is 16.5. The molecular formula is C36H70O3. The number of unbranched alkanes of at least 4 members (excludes halogenated alkanes) is 22. The summed E-state index contributed by atoms with van der Waals surface area (Å²) < 4.78 is 5.42. The molecule has 3 heteroatoms. The molecule has 0 saturated carbocycles. The van der Waals surface area contributed by atoms with Crippen LogP contribution in [0.3, 0.4) is 0 Å². The molecule has 0 fully saturated rings. The van der Waals surface area contributed by atoms with E-state index in [0.717, 1.165) is 38.5 Å². The Labute approximate surface area is 245 Å². The maximum atomic E-state index is 11.9. The van der Waals surface area contributed by atoms with E-state index in [9.17, 15) is 9.90 Å². The summed E-state index contributed by atoms with van der Waals surface area (Å²) in [5.41, 5.74) is 0. The monoisotopic (exact) mass is 551 g/mol. The van der Waals surface area contributed by atoms with Crippen molar-refractivity contribution < 1.29 is 14.6 Å². The Morgan fingerprint density at radius 2 is 0.923 bits per heavy atom. The Morgan fingerprint density at radius 3 is 1.44 bits per heavy atom. The van der Waals surface area contributed by atoms with E-state index in [2.05, 4.69) is 26.0 Å². The van der Waals surface area contributed by atoms with Crippen molar-refractivity contribution in [2.45, 2.75) is 206 Å². The van der Waals surface area contributed by atoms with Crippen LogP contribution < -0.4 is 0 Å². The van der Waals surface area contributed by atoms with Crippen LogP contribution >= 0.6 is 0 Å². The molecule has 0 bridgehead atoms. The van der Waals surface area contributed by atoms with Crippen LogP contribution in [0.5, 0.6) is 0 Å². The molecule has 0 amide bonds. The first-order chi connectivity index (χ1) is 19.2. The molecule has 0 radical (unpaired) electrons. The molecule has 1 unspecified atom stereocenters. The summed E-state index contributed by atoms with van der Waals surface area (Å²) in [5.74, 6) is -0.00371. The van der Waals surface area contributed by atoms with Crippen molar-refractivity contribution in [2.75, 3.05) is 6.61 Å². The molecule has 0 spiro atoms. The number of allylic oxidation sites excluding steroid dienone is 2. The Kier molecular flexibility index (Phi) is 32.7. The van der Waals surface area contributed by atoms with Crippen LogP contribution in [0, 0.1) is 0 Å². The van der Waals surface area contributed by atoms with Crippen molar-refractivity contribution in [3.8, 4) is 0 Å². The summed E-state index contributed by atoms with van der Waals surface area (Å²) in [7, 11) is 0. The summed E-state index contributed by atoms with van der Waals surface area (Å²) in [6, 6.07) is 0. The van der Waals surface area contributed by atoms with Gasteiger partial charge in [-0.3, -0.25) is 4.79 Å². The summed E-state index contributed by atoms with van der Waals surface area (Å²) >= 11 is 0. The van der Waals surface area contributed by atoms with Gasteiger partial charge < -0.3 is 9.84 Å². The van der Waals surface area contributed by atoms with E-state index in [1.54, 1.807) is 0 Å². The fourth-order valence-corrected chi connectivity index (χ4v) is 5.27. The molecular weight excluding hydrogens is 480 g/mol. The average molecular weight is 551 g/mol. The van der Waals surface area contributed by atoms with Gasteiger partial charge in [0.05, 0.1) is 12.7 Å². The van der Waals surface area contributed by atoms with Gasteiger partial charge in [0.2, 0.25) is 0 Å². The van der Waals surface area contributed by atoms with Gasteiger partial charge in [-0.25, -0.2) is 0 Å². The second-order valence-electron chi connectivity index (χ2n) is 12.0. The predicted molar refractivity (Wildman–Crippen MR) is 171 cm³/mol. The first-order valence-electron chi connectivity index (χ1n) is 17.7. The minimum Gasteiger partial charge on any atom is -0.466 e. The third-order valence-electron chi connectivity index (χ3n) is 7.98. The van der Waals surface area contributed by atoms with Crippen LogP contribution in [0.15, 0.2) is 12.2 Å². The fourth-order valence-electron chi connectivity index (χ4n) is 5.27. The molecule has 0 heterocycles. The van der Waals surface area contributed by atoms with Gasteiger partial charge in [-0.05, 0) is 51.4 Å². The van der Waals surface area contributed by atoms with Crippen LogP contribution in [-0.4, -0.2) is 23.8 Å². The topological polar surface area (TPSA) is 46.5 Å². The third kappa shape index (κ3) is 33.3. The van der Waals surface area contributed by atoms with Crippen LogP contribution in [0.1, 0.15) is 200 Å². The molecule has 1 N–H and O–H groups in total. The van der Waals surface area contributed by atoms with Gasteiger partial charge in [0.1, 0.15) is 0 Å². The van der Waals surface area contributed by atoms with E-state index in [1.807, 2.05) is 0 Å². The Hall–Kier alpha value is -0.830. The van der Waals surface area contributed by atoms with Crippen LogP contribution in [0.25, 0.3) is 0 Å². The van der Waals surface area contributed by atoms with E-state index in [1.165, 1.54) is 141 Å². The standard InChI is InChI=1S/C36H70O3/c1-3-5-7-9-10-11-12-13-14-15-16-17-20-23-26-30-34-39-36(38)33-29-25-22-19-18-21-24-28-32-35(37)31-27-8-6-4-2/h13-14,35,37H,3-12,15-34H2,1-2H3/b14-13-. The first kappa shape index (κ1) is 38.2. The zero-order valence-electron chi connectivity index (χ0n) is 26.7. The molecule has 0 aliphatic rings. The van der Waals surface area contributed by atoms with Crippen molar-refractivity contribution in [3.63, 3.8) is 0 Å². The van der Waals surface area contributed by atoms with E-state index in [4.69, 9.17) is 4.74 Å². The number of ether oxygens (including phenoxy) is 1. The first-order valence-corrected chi connectivity index (χ1v) is 17.7. The highest BCUT2D eigenvalue weighted by molar-refractivity contribution is 5.69.